The number of rotatable bonds is 6. The first kappa shape index (κ1) is 18.4. The highest BCUT2D eigenvalue weighted by molar-refractivity contribution is 7.17. The highest BCUT2D eigenvalue weighted by Crippen LogP contribution is 2.20. The van der Waals surface area contributed by atoms with Crippen LogP contribution in [0.2, 0.25) is 0 Å². The molecule has 0 saturated carbocycles. The minimum Gasteiger partial charge on any atom is -0.326 e. The Bertz CT molecular complexity index is 1200. The molecule has 0 atom stereocenters. The molecule has 0 saturated heterocycles. The van der Waals surface area contributed by atoms with Gasteiger partial charge in [0.15, 0.2) is 0 Å². The molecular formula is C20H21N5O2S. The van der Waals surface area contributed by atoms with Crippen LogP contribution in [0, 0.1) is 0 Å². The van der Waals surface area contributed by atoms with E-state index in [1.54, 1.807) is 7.05 Å². The number of nitrogens with zero attached hydrogens (tertiary/aromatic N) is 4. The van der Waals surface area contributed by atoms with Crippen LogP contribution >= 0.6 is 11.3 Å². The van der Waals surface area contributed by atoms with Gasteiger partial charge in [-0.1, -0.05) is 19.1 Å². The van der Waals surface area contributed by atoms with Gasteiger partial charge in [-0.2, -0.15) is 0 Å². The zero-order chi connectivity index (χ0) is 19.7. The van der Waals surface area contributed by atoms with E-state index in [1.165, 1.54) is 21.5 Å². The topological polar surface area (TPSA) is 81.3 Å². The fourth-order valence-corrected chi connectivity index (χ4v) is 4.12. The molecule has 4 aromatic rings. The third kappa shape index (κ3) is 3.31. The van der Waals surface area contributed by atoms with Gasteiger partial charge in [-0.25, -0.2) is 0 Å². The van der Waals surface area contributed by atoms with E-state index in [1.807, 2.05) is 40.1 Å². The predicted octanol–water partition coefficient (Wildman–Crippen LogP) is 3.17. The zero-order valence-corrected chi connectivity index (χ0v) is 16.6. The molecule has 7 nitrogen and oxygen atoms in total. The number of anilines is 1. The number of hydrogen-bond acceptors (Lipinski definition) is 5. The number of fused-ring (bicyclic) bond motifs is 3. The van der Waals surface area contributed by atoms with Gasteiger partial charge in [0.1, 0.15) is 10.5 Å². The Morgan fingerprint density at radius 1 is 1.18 bits per heavy atom. The van der Waals surface area contributed by atoms with Crippen LogP contribution in [0.25, 0.3) is 16.0 Å². The van der Waals surface area contributed by atoms with Crippen molar-refractivity contribution in [3.63, 3.8) is 0 Å². The molecule has 8 heteroatoms. The van der Waals surface area contributed by atoms with Crippen LogP contribution in [0.3, 0.4) is 0 Å². The SMILES string of the molecule is CCc1ccc(NC(=O)CCCc2nnc3n(C)c(=O)c4sccc4n23)cc1. The van der Waals surface area contributed by atoms with Gasteiger partial charge in [-0.05, 0) is 42.0 Å². The molecule has 1 N–H and O–H groups in total. The standard InChI is InChI=1S/C20H21N5O2S/c1-3-13-7-9-14(10-8-13)21-17(26)6-4-5-16-22-23-20-24(2)19(27)18-15(25(16)20)11-12-28-18/h7-12H,3-6H2,1-2H3,(H,21,26). The molecule has 3 heterocycles. The maximum atomic E-state index is 12.4. The van der Waals surface area contributed by atoms with Gasteiger partial charge in [-0.3, -0.25) is 18.6 Å². The van der Waals surface area contributed by atoms with Crippen molar-refractivity contribution < 1.29 is 4.79 Å². The summed E-state index contributed by atoms with van der Waals surface area (Å²) in [7, 11) is 1.70. The minimum absolute atomic E-state index is 0.0221. The highest BCUT2D eigenvalue weighted by atomic mass is 32.1. The summed E-state index contributed by atoms with van der Waals surface area (Å²) in [6.45, 7) is 2.10. The predicted molar refractivity (Wildman–Crippen MR) is 111 cm³/mol. The van der Waals surface area contributed by atoms with Gasteiger partial charge in [-0.15, -0.1) is 21.5 Å². The lowest BCUT2D eigenvalue weighted by Gasteiger charge is -2.07. The molecule has 28 heavy (non-hydrogen) atoms. The second-order valence-corrected chi connectivity index (χ2v) is 7.62. The number of thiophene rings is 1. The summed E-state index contributed by atoms with van der Waals surface area (Å²) in [4.78, 5) is 24.6. The number of hydrogen-bond donors (Lipinski definition) is 1. The Morgan fingerprint density at radius 3 is 2.71 bits per heavy atom. The van der Waals surface area contributed by atoms with Crippen LogP contribution in [0.1, 0.15) is 31.2 Å². The Hall–Kier alpha value is -3.00. The second-order valence-electron chi connectivity index (χ2n) is 6.70. The average molecular weight is 395 g/mol. The molecule has 0 radical (unpaired) electrons. The molecule has 4 rings (SSSR count). The number of aryl methyl sites for hydroxylation is 3. The Labute approximate surface area is 165 Å². The van der Waals surface area contributed by atoms with Crippen molar-refractivity contribution in [3.8, 4) is 0 Å². The third-order valence-electron chi connectivity index (χ3n) is 4.85. The van der Waals surface area contributed by atoms with E-state index in [0.717, 1.165) is 23.4 Å². The maximum absolute atomic E-state index is 12.4. The maximum Gasteiger partial charge on any atom is 0.272 e. The van der Waals surface area contributed by atoms with Crippen molar-refractivity contribution in [1.82, 2.24) is 19.2 Å². The molecule has 0 bridgehead atoms. The molecule has 0 aliphatic carbocycles. The van der Waals surface area contributed by atoms with Gasteiger partial charge in [0.05, 0.1) is 5.52 Å². The van der Waals surface area contributed by atoms with Crippen LogP contribution in [-0.4, -0.2) is 25.1 Å². The summed E-state index contributed by atoms with van der Waals surface area (Å²) in [5, 5.41) is 13.2. The van der Waals surface area contributed by atoms with Crippen molar-refractivity contribution in [2.75, 3.05) is 5.32 Å². The van der Waals surface area contributed by atoms with Crippen LogP contribution < -0.4 is 10.9 Å². The molecule has 0 aliphatic heterocycles. The quantitative estimate of drug-likeness (QED) is 0.544. The lowest BCUT2D eigenvalue weighted by atomic mass is 10.1. The van der Waals surface area contributed by atoms with Crippen molar-refractivity contribution in [2.45, 2.75) is 32.6 Å². The Balaban J connectivity index is 1.46. The molecule has 1 amide bonds. The lowest BCUT2D eigenvalue weighted by Crippen LogP contribution is -2.19. The van der Waals surface area contributed by atoms with E-state index in [0.29, 0.717) is 29.7 Å². The number of nitrogens with one attached hydrogen (secondary N) is 1. The highest BCUT2D eigenvalue weighted by Gasteiger charge is 2.15. The van der Waals surface area contributed by atoms with Gasteiger partial charge < -0.3 is 5.32 Å². The van der Waals surface area contributed by atoms with E-state index >= 15 is 0 Å². The van der Waals surface area contributed by atoms with Crippen LogP contribution in [0.4, 0.5) is 5.69 Å². The van der Waals surface area contributed by atoms with Crippen molar-refractivity contribution in [3.05, 3.63) is 57.5 Å². The molecule has 0 aliphatic rings. The normalized spacial score (nSPS) is 11.4. The molecule has 144 valence electrons. The van der Waals surface area contributed by atoms with E-state index < -0.39 is 0 Å². The minimum atomic E-state index is -0.0649. The first-order valence-electron chi connectivity index (χ1n) is 9.27. The van der Waals surface area contributed by atoms with Gasteiger partial charge >= 0.3 is 0 Å². The Morgan fingerprint density at radius 2 is 1.96 bits per heavy atom. The lowest BCUT2D eigenvalue weighted by molar-refractivity contribution is -0.116. The Kier molecular flexibility index (Phi) is 4.95. The van der Waals surface area contributed by atoms with Crippen molar-refractivity contribution in [2.24, 2.45) is 7.05 Å². The zero-order valence-electron chi connectivity index (χ0n) is 15.8. The fourth-order valence-electron chi connectivity index (χ4n) is 3.27. The number of aromatic nitrogens is 4. The first-order valence-corrected chi connectivity index (χ1v) is 10.2. The van der Waals surface area contributed by atoms with Crippen LogP contribution in [0.5, 0.6) is 0 Å². The third-order valence-corrected chi connectivity index (χ3v) is 5.74. The van der Waals surface area contributed by atoms with E-state index in [-0.39, 0.29) is 11.5 Å². The fraction of sp³-hybridized carbons (Fsp3) is 0.300. The van der Waals surface area contributed by atoms with Gasteiger partial charge in [0, 0.05) is 25.6 Å². The van der Waals surface area contributed by atoms with E-state index in [4.69, 9.17) is 0 Å². The van der Waals surface area contributed by atoms with E-state index in [9.17, 15) is 9.59 Å². The summed E-state index contributed by atoms with van der Waals surface area (Å²) in [6.07, 6.45) is 2.62. The molecule has 0 unspecified atom stereocenters. The second kappa shape index (κ2) is 7.55. The summed E-state index contributed by atoms with van der Waals surface area (Å²) >= 11 is 1.41. The van der Waals surface area contributed by atoms with E-state index in [2.05, 4.69) is 22.4 Å². The monoisotopic (exact) mass is 395 g/mol. The number of carbonyl (C=O) groups excluding carboxylic acids is 1. The molecule has 0 spiro atoms. The van der Waals surface area contributed by atoms with Gasteiger partial charge in [0.25, 0.3) is 5.56 Å². The van der Waals surface area contributed by atoms with Crippen LogP contribution in [0.15, 0.2) is 40.5 Å². The largest absolute Gasteiger partial charge is 0.326 e. The number of amides is 1. The van der Waals surface area contributed by atoms with Gasteiger partial charge in [0.2, 0.25) is 11.7 Å². The first-order chi connectivity index (χ1) is 13.6. The summed E-state index contributed by atoms with van der Waals surface area (Å²) < 4.78 is 4.11. The summed E-state index contributed by atoms with van der Waals surface area (Å²) in [5.41, 5.74) is 2.81. The summed E-state index contributed by atoms with van der Waals surface area (Å²) in [6, 6.07) is 9.81. The summed E-state index contributed by atoms with van der Waals surface area (Å²) in [5.74, 6) is 1.26. The molecule has 3 aromatic heterocycles. The van der Waals surface area contributed by atoms with Crippen molar-refractivity contribution in [1.29, 1.82) is 0 Å². The molecule has 1 aromatic carbocycles. The number of benzene rings is 1. The number of carbonyl (C=O) groups is 1. The van der Waals surface area contributed by atoms with Crippen molar-refractivity contribution >= 4 is 38.9 Å². The van der Waals surface area contributed by atoms with Crippen LogP contribution in [-0.2, 0) is 24.7 Å². The smallest absolute Gasteiger partial charge is 0.272 e. The molecular weight excluding hydrogens is 374 g/mol. The average Bonchev–Trinajstić information content (AvgIpc) is 3.34. The molecule has 0 fully saturated rings.